The molecule has 1 aliphatic rings. The van der Waals surface area contributed by atoms with E-state index in [-0.39, 0.29) is 12.1 Å². The minimum absolute atomic E-state index is 0.128. The van der Waals surface area contributed by atoms with Crippen LogP contribution < -0.4 is 5.73 Å². The Morgan fingerprint density at radius 2 is 2.45 bits per heavy atom. The molecule has 1 saturated heterocycles. The Morgan fingerprint density at radius 1 is 1.73 bits per heavy atom. The van der Waals surface area contributed by atoms with E-state index in [1.807, 2.05) is 0 Å². The molecule has 11 heavy (non-hydrogen) atoms. The fourth-order valence-corrected chi connectivity index (χ4v) is 1.30. The summed E-state index contributed by atoms with van der Waals surface area (Å²) in [5, 5.41) is 0. The number of amides is 1. The van der Waals surface area contributed by atoms with Gasteiger partial charge in [0.1, 0.15) is 0 Å². The molecule has 1 rings (SSSR count). The highest BCUT2D eigenvalue weighted by Crippen LogP contribution is 2.08. The summed E-state index contributed by atoms with van der Waals surface area (Å²) in [7, 11) is 1.39. The number of carbonyl (C=O) groups is 1. The smallest absolute Gasteiger partial charge is 0.409 e. The van der Waals surface area contributed by atoms with Crippen molar-refractivity contribution in [3.63, 3.8) is 0 Å². The second-order valence-electron chi connectivity index (χ2n) is 2.82. The van der Waals surface area contributed by atoms with Gasteiger partial charge in [0.25, 0.3) is 0 Å². The largest absolute Gasteiger partial charge is 0.453 e. The zero-order chi connectivity index (χ0) is 8.27. The summed E-state index contributed by atoms with van der Waals surface area (Å²) >= 11 is 0. The van der Waals surface area contributed by atoms with E-state index in [2.05, 4.69) is 4.74 Å². The van der Waals surface area contributed by atoms with Crippen LogP contribution in [0.2, 0.25) is 0 Å². The number of ether oxygens (including phenoxy) is 1. The van der Waals surface area contributed by atoms with E-state index in [0.29, 0.717) is 6.54 Å². The summed E-state index contributed by atoms with van der Waals surface area (Å²) in [6, 6.07) is 0.128. The molecule has 0 aliphatic carbocycles. The number of nitrogens with two attached hydrogens (primary N) is 1. The van der Waals surface area contributed by atoms with Crippen molar-refractivity contribution in [2.45, 2.75) is 18.9 Å². The quantitative estimate of drug-likeness (QED) is 0.547. The molecule has 4 nitrogen and oxygen atoms in total. The highest BCUT2D eigenvalue weighted by Gasteiger charge is 2.20. The van der Waals surface area contributed by atoms with Crippen molar-refractivity contribution >= 4 is 6.09 Å². The number of rotatable bonds is 0. The first-order valence-corrected chi connectivity index (χ1v) is 3.82. The summed E-state index contributed by atoms with van der Waals surface area (Å²) in [6.45, 7) is 1.41. The number of carbonyl (C=O) groups excluding carboxylic acids is 1. The predicted octanol–water partition coefficient (Wildman–Crippen LogP) is 0.176. The van der Waals surface area contributed by atoms with Crippen LogP contribution in [0.1, 0.15) is 12.8 Å². The van der Waals surface area contributed by atoms with Crippen LogP contribution in [-0.4, -0.2) is 37.2 Å². The Hall–Kier alpha value is -0.770. The lowest BCUT2D eigenvalue weighted by atomic mass is 10.1. The molecule has 0 spiro atoms. The first kappa shape index (κ1) is 8.33. The van der Waals surface area contributed by atoms with E-state index in [1.165, 1.54) is 7.11 Å². The third kappa shape index (κ3) is 2.08. The lowest BCUT2D eigenvalue weighted by Crippen LogP contribution is -2.45. The van der Waals surface area contributed by atoms with Gasteiger partial charge in [-0.05, 0) is 12.8 Å². The molecule has 2 N–H and O–H groups in total. The van der Waals surface area contributed by atoms with Crippen LogP contribution in [0.15, 0.2) is 0 Å². The molecule has 1 heterocycles. The van der Waals surface area contributed by atoms with Gasteiger partial charge in [-0.1, -0.05) is 0 Å². The van der Waals surface area contributed by atoms with Crippen molar-refractivity contribution in [2.75, 3.05) is 20.2 Å². The summed E-state index contributed by atoms with van der Waals surface area (Å²) in [4.78, 5) is 12.6. The molecule has 1 fully saturated rings. The highest BCUT2D eigenvalue weighted by atomic mass is 16.5. The Kier molecular flexibility index (Phi) is 2.70. The normalized spacial score (nSPS) is 24.9. The number of methoxy groups -OCH3 is 1. The van der Waals surface area contributed by atoms with Gasteiger partial charge >= 0.3 is 6.09 Å². The van der Waals surface area contributed by atoms with Gasteiger partial charge in [-0.2, -0.15) is 0 Å². The number of hydrogen-bond donors (Lipinski definition) is 1. The summed E-state index contributed by atoms with van der Waals surface area (Å²) in [6.07, 6.45) is 1.73. The van der Waals surface area contributed by atoms with E-state index in [1.54, 1.807) is 4.90 Å². The van der Waals surface area contributed by atoms with Gasteiger partial charge in [0.2, 0.25) is 0 Å². The van der Waals surface area contributed by atoms with Crippen LogP contribution in [0.3, 0.4) is 0 Å². The van der Waals surface area contributed by atoms with Crippen LogP contribution in [0.4, 0.5) is 4.79 Å². The molecule has 0 unspecified atom stereocenters. The van der Waals surface area contributed by atoms with Gasteiger partial charge in [-0.25, -0.2) is 4.79 Å². The molecule has 64 valence electrons. The molecule has 1 atom stereocenters. The van der Waals surface area contributed by atoms with Gasteiger partial charge < -0.3 is 15.4 Å². The average molecular weight is 158 g/mol. The van der Waals surface area contributed by atoms with Crippen molar-refractivity contribution in [1.29, 1.82) is 0 Å². The van der Waals surface area contributed by atoms with Crippen molar-refractivity contribution < 1.29 is 9.53 Å². The SMILES string of the molecule is COC(=O)N1CCC[C@@H](N)C1. The topological polar surface area (TPSA) is 55.6 Å². The third-order valence-electron chi connectivity index (χ3n) is 1.89. The van der Waals surface area contributed by atoms with Crippen LogP contribution in [-0.2, 0) is 4.74 Å². The van der Waals surface area contributed by atoms with E-state index in [0.717, 1.165) is 19.4 Å². The van der Waals surface area contributed by atoms with Crippen LogP contribution >= 0.6 is 0 Å². The fourth-order valence-electron chi connectivity index (χ4n) is 1.30. The molecule has 0 saturated carbocycles. The molecule has 0 aromatic rings. The average Bonchev–Trinajstić information content (AvgIpc) is 2.03. The number of hydrogen-bond acceptors (Lipinski definition) is 3. The standard InChI is InChI=1S/C7H14N2O2/c1-11-7(10)9-4-2-3-6(8)5-9/h6H,2-5,8H2,1H3/t6-/m1/s1. The second kappa shape index (κ2) is 3.57. The van der Waals surface area contributed by atoms with Crippen LogP contribution in [0, 0.1) is 0 Å². The van der Waals surface area contributed by atoms with E-state index < -0.39 is 0 Å². The first-order valence-electron chi connectivity index (χ1n) is 3.82. The molecule has 0 aromatic carbocycles. The molecular formula is C7H14N2O2. The minimum Gasteiger partial charge on any atom is -0.453 e. The van der Waals surface area contributed by atoms with Gasteiger partial charge in [0, 0.05) is 19.1 Å². The number of likely N-dealkylation sites (tertiary alicyclic amines) is 1. The van der Waals surface area contributed by atoms with E-state index in [9.17, 15) is 4.79 Å². The Bertz CT molecular complexity index is 149. The molecule has 0 bridgehead atoms. The summed E-state index contributed by atoms with van der Waals surface area (Å²) < 4.78 is 4.57. The predicted molar refractivity (Wildman–Crippen MR) is 41.2 cm³/mol. The maximum atomic E-state index is 11.0. The first-order chi connectivity index (χ1) is 5.24. The zero-order valence-corrected chi connectivity index (χ0v) is 6.75. The van der Waals surface area contributed by atoms with Crippen LogP contribution in [0.25, 0.3) is 0 Å². The monoisotopic (exact) mass is 158 g/mol. The fraction of sp³-hybridized carbons (Fsp3) is 0.857. The van der Waals surface area contributed by atoms with Crippen molar-refractivity contribution in [2.24, 2.45) is 5.73 Å². The van der Waals surface area contributed by atoms with Gasteiger partial charge in [-0.15, -0.1) is 0 Å². The van der Waals surface area contributed by atoms with E-state index >= 15 is 0 Å². The van der Waals surface area contributed by atoms with Crippen molar-refractivity contribution in [3.05, 3.63) is 0 Å². The maximum absolute atomic E-state index is 11.0. The van der Waals surface area contributed by atoms with Crippen molar-refractivity contribution in [3.8, 4) is 0 Å². The van der Waals surface area contributed by atoms with Crippen LogP contribution in [0.5, 0.6) is 0 Å². The lowest BCUT2D eigenvalue weighted by molar-refractivity contribution is 0.111. The summed E-state index contributed by atoms with van der Waals surface area (Å²) in [5.41, 5.74) is 5.67. The van der Waals surface area contributed by atoms with Gasteiger partial charge in [0.15, 0.2) is 0 Å². The zero-order valence-electron chi connectivity index (χ0n) is 6.75. The molecule has 0 aromatic heterocycles. The summed E-state index contributed by atoms with van der Waals surface area (Å²) in [5.74, 6) is 0. The Morgan fingerprint density at radius 3 is 3.00 bits per heavy atom. The molecule has 1 aliphatic heterocycles. The maximum Gasteiger partial charge on any atom is 0.409 e. The van der Waals surface area contributed by atoms with Gasteiger partial charge in [0.05, 0.1) is 7.11 Å². The Balaban J connectivity index is 2.39. The Labute approximate surface area is 66.3 Å². The minimum atomic E-state index is -0.264. The number of piperidine rings is 1. The lowest BCUT2D eigenvalue weighted by Gasteiger charge is -2.29. The third-order valence-corrected chi connectivity index (χ3v) is 1.89. The highest BCUT2D eigenvalue weighted by molar-refractivity contribution is 5.67. The molecule has 4 heteroatoms. The van der Waals surface area contributed by atoms with E-state index in [4.69, 9.17) is 5.73 Å². The van der Waals surface area contributed by atoms with Crippen molar-refractivity contribution in [1.82, 2.24) is 4.90 Å². The molecule has 0 radical (unpaired) electrons. The molecule has 1 amide bonds. The molecular weight excluding hydrogens is 144 g/mol. The second-order valence-corrected chi connectivity index (χ2v) is 2.82. The number of nitrogens with zero attached hydrogens (tertiary/aromatic N) is 1. The van der Waals surface area contributed by atoms with Gasteiger partial charge in [-0.3, -0.25) is 0 Å².